The molecular weight excluding hydrogens is 336 g/mol. The summed E-state index contributed by atoms with van der Waals surface area (Å²) < 4.78 is 5.78. The molecule has 1 aromatic carbocycles. The highest BCUT2D eigenvalue weighted by atomic mass is 16.5. The molecule has 0 bridgehead atoms. The summed E-state index contributed by atoms with van der Waals surface area (Å²) in [5, 5.41) is 3.65. The number of hydrogen-bond donors (Lipinski definition) is 1. The molecule has 1 atom stereocenters. The van der Waals surface area contributed by atoms with Gasteiger partial charge in [-0.3, -0.25) is 9.89 Å². The third-order valence-corrected chi connectivity index (χ3v) is 5.49. The number of hydrogen-bond acceptors (Lipinski definition) is 3. The second-order valence-corrected chi connectivity index (χ2v) is 7.13. The minimum absolute atomic E-state index is 0.408. The van der Waals surface area contributed by atoms with Gasteiger partial charge in [0, 0.05) is 39.3 Å². The smallest absolute Gasteiger partial charge is 0.193 e. The molecular formula is C22H38N4O. The number of benzene rings is 1. The Morgan fingerprint density at radius 1 is 1.19 bits per heavy atom. The highest BCUT2D eigenvalue weighted by Crippen LogP contribution is 2.14. The number of ether oxygens (including phenoxy) is 1. The average Bonchev–Trinajstić information content (AvgIpc) is 2.71. The first-order valence-electron chi connectivity index (χ1n) is 10.6. The van der Waals surface area contributed by atoms with Crippen LogP contribution < -0.4 is 5.32 Å². The van der Waals surface area contributed by atoms with Crippen LogP contribution in [0.25, 0.3) is 0 Å². The highest BCUT2D eigenvalue weighted by molar-refractivity contribution is 5.80. The van der Waals surface area contributed by atoms with Crippen molar-refractivity contribution < 1.29 is 4.74 Å². The number of likely N-dealkylation sites (tertiary alicyclic amines) is 1. The molecule has 1 aromatic rings. The molecule has 5 nitrogen and oxygen atoms in total. The molecule has 1 saturated heterocycles. The molecule has 2 rings (SSSR count). The first kappa shape index (κ1) is 21.7. The quantitative estimate of drug-likeness (QED) is 0.533. The Hall–Kier alpha value is -1.59. The SMILES string of the molecule is CCOC1CCN(C(=NC)NCC(Cc2ccccc2)N(CC)CC)CC1. The summed E-state index contributed by atoms with van der Waals surface area (Å²) in [5.41, 5.74) is 1.39. The van der Waals surface area contributed by atoms with Crippen molar-refractivity contribution in [2.75, 3.05) is 46.4 Å². The molecule has 152 valence electrons. The Morgan fingerprint density at radius 2 is 1.85 bits per heavy atom. The topological polar surface area (TPSA) is 40.1 Å². The van der Waals surface area contributed by atoms with E-state index in [1.165, 1.54) is 5.56 Å². The number of guanidine groups is 1. The maximum atomic E-state index is 5.78. The number of nitrogens with one attached hydrogen (secondary N) is 1. The lowest BCUT2D eigenvalue weighted by Gasteiger charge is -2.36. The van der Waals surface area contributed by atoms with Gasteiger partial charge >= 0.3 is 0 Å². The predicted octanol–water partition coefficient (Wildman–Crippen LogP) is 3.02. The number of likely N-dealkylation sites (N-methyl/N-ethyl adjacent to an activating group) is 1. The second kappa shape index (κ2) is 12.0. The van der Waals surface area contributed by atoms with Gasteiger partial charge in [0.05, 0.1) is 6.10 Å². The lowest BCUT2D eigenvalue weighted by Crippen LogP contribution is -2.51. The maximum absolute atomic E-state index is 5.78. The van der Waals surface area contributed by atoms with Crippen LogP contribution in [0.1, 0.15) is 39.2 Å². The van der Waals surface area contributed by atoms with Crippen LogP contribution in [0.4, 0.5) is 0 Å². The van der Waals surface area contributed by atoms with E-state index in [0.717, 1.165) is 64.6 Å². The van der Waals surface area contributed by atoms with Crippen molar-refractivity contribution in [1.29, 1.82) is 0 Å². The molecule has 1 aliphatic heterocycles. The van der Waals surface area contributed by atoms with E-state index in [4.69, 9.17) is 4.74 Å². The van der Waals surface area contributed by atoms with Crippen LogP contribution in [0, 0.1) is 0 Å². The van der Waals surface area contributed by atoms with Gasteiger partial charge < -0.3 is 15.0 Å². The van der Waals surface area contributed by atoms with E-state index in [1.54, 1.807) is 0 Å². The zero-order valence-electron chi connectivity index (χ0n) is 17.7. The summed E-state index contributed by atoms with van der Waals surface area (Å²) in [4.78, 5) is 9.45. The minimum Gasteiger partial charge on any atom is -0.378 e. The van der Waals surface area contributed by atoms with Gasteiger partial charge in [0.1, 0.15) is 0 Å². The van der Waals surface area contributed by atoms with Crippen molar-refractivity contribution in [2.45, 2.75) is 52.2 Å². The molecule has 1 heterocycles. The van der Waals surface area contributed by atoms with Gasteiger partial charge in [0.15, 0.2) is 5.96 Å². The van der Waals surface area contributed by atoms with Crippen LogP contribution in [-0.2, 0) is 11.2 Å². The molecule has 0 aromatic heterocycles. The van der Waals surface area contributed by atoms with Crippen LogP contribution in [0.5, 0.6) is 0 Å². The summed E-state index contributed by atoms with van der Waals surface area (Å²) in [7, 11) is 1.89. The summed E-state index contributed by atoms with van der Waals surface area (Å²) in [6.07, 6.45) is 3.63. The van der Waals surface area contributed by atoms with E-state index in [-0.39, 0.29) is 0 Å². The first-order chi connectivity index (χ1) is 13.2. The van der Waals surface area contributed by atoms with Gasteiger partial charge in [-0.15, -0.1) is 0 Å². The van der Waals surface area contributed by atoms with Crippen LogP contribution in [-0.4, -0.2) is 74.3 Å². The first-order valence-corrected chi connectivity index (χ1v) is 10.6. The fraction of sp³-hybridized carbons (Fsp3) is 0.682. The largest absolute Gasteiger partial charge is 0.378 e. The van der Waals surface area contributed by atoms with E-state index in [9.17, 15) is 0 Å². The molecule has 5 heteroatoms. The van der Waals surface area contributed by atoms with Crippen molar-refractivity contribution in [3.8, 4) is 0 Å². The molecule has 0 spiro atoms. The molecule has 0 aliphatic carbocycles. The van der Waals surface area contributed by atoms with Crippen molar-refractivity contribution in [3.05, 3.63) is 35.9 Å². The summed E-state index contributed by atoms with van der Waals surface area (Å²) >= 11 is 0. The van der Waals surface area contributed by atoms with Gasteiger partial charge in [-0.2, -0.15) is 0 Å². The van der Waals surface area contributed by atoms with Gasteiger partial charge in [-0.25, -0.2) is 0 Å². The van der Waals surface area contributed by atoms with Crippen LogP contribution in [0.2, 0.25) is 0 Å². The standard InChI is InChI=1S/C22H38N4O/c1-5-25(6-2)20(17-19-11-9-8-10-12-19)18-24-22(23-4)26-15-13-21(14-16-26)27-7-3/h8-12,20-21H,5-7,13-18H2,1-4H3,(H,23,24). The molecule has 1 aliphatic rings. The predicted molar refractivity (Wildman–Crippen MR) is 114 cm³/mol. The fourth-order valence-corrected chi connectivity index (χ4v) is 3.97. The van der Waals surface area contributed by atoms with Crippen molar-refractivity contribution >= 4 is 5.96 Å². The number of aliphatic imine (C=N–C) groups is 1. The Labute approximate surface area is 165 Å². The summed E-state index contributed by atoms with van der Waals surface area (Å²) in [6.45, 7) is 12.4. The molecule has 1 unspecified atom stereocenters. The number of nitrogens with zero attached hydrogens (tertiary/aromatic N) is 3. The van der Waals surface area contributed by atoms with Crippen molar-refractivity contribution in [3.63, 3.8) is 0 Å². The lowest BCUT2D eigenvalue weighted by molar-refractivity contribution is 0.0263. The normalized spacial score (nSPS) is 17.4. The summed E-state index contributed by atoms with van der Waals surface area (Å²) in [5.74, 6) is 1.02. The van der Waals surface area contributed by atoms with Crippen molar-refractivity contribution in [1.82, 2.24) is 15.1 Å². The third kappa shape index (κ3) is 6.82. The molecule has 1 N–H and O–H groups in total. The zero-order valence-corrected chi connectivity index (χ0v) is 17.7. The Kier molecular flexibility index (Phi) is 9.64. The van der Waals surface area contributed by atoms with Crippen molar-refractivity contribution in [2.24, 2.45) is 4.99 Å². The summed E-state index contributed by atoms with van der Waals surface area (Å²) in [6, 6.07) is 11.3. The van der Waals surface area contributed by atoms with Gasteiger partial charge in [-0.1, -0.05) is 44.2 Å². The Bertz CT molecular complexity index is 537. The molecule has 0 amide bonds. The van der Waals surface area contributed by atoms with Crippen LogP contribution in [0.3, 0.4) is 0 Å². The molecule has 1 fully saturated rings. The number of rotatable bonds is 9. The Morgan fingerprint density at radius 3 is 2.41 bits per heavy atom. The minimum atomic E-state index is 0.408. The van der Waals surface area contributed by atoms with E-state index >= 15 is 0 Å². The monoisotopic (exact) mass is 374 g/mol. The van der Waals surface area contributed by atoms with Crippen LogP contribution in [0.15, 0.2) is 35.3 Å². The molecule has 0 radical (unpaired) electrons. The average molecular weight is 375 g/mol. The van der Waals surface area contributed by atoms with Gasteiger partial charge in [0.25, 0.3) is 0 Å². The second-order valence-electron chi connectivity index (χ2n) is 7.13. The van der Waals surface area contributed by atoms with E-state index in [1.807, 2.05) is 7.05 Å². The van der Waals surface area contributed by atoms with E-state index in [2.05, 4.69) is 71.2 Å². The third-order valence-electron chi connectivity index (χ3n) is 5.49. The van der Waals surface area contributed by atoms with Gasteiger partial charge in [0.2, 0.25) is 0 Å². The zero-order chi connectivity index (χ0) is 19.5. The van der Waals surface area contributed by atoms with E-state index < -0.39 is 0 Å². The van der Waals surface area contributed by atoms with Gasteiger partial charge in [-0.05, 0) is 44.8 Å². The fourth-order valence-electron chi connectivity index (χ4n) is 3.97. The Balaban J connectivity index is 1.93. The molecule has 0 saturated carbocycles. The lowest BCUT2D eigenvalue weighted by atomic mass is 10.0. The molecule has 27 heavy (non-hydrogen) atoms. The highest BCUT2D eigenvalue weighted by Gasteiger charge is 2.23. The van der Waals surface area contributed by atoms with Crippen LogP contribution >= 0.6 is 0 Å². The maximum Gasteiger partial charge on any atom is 0.193 e. The van der Waals surface area contributed by atoms with E-state index in [0.29, 0.717) is 12.1 Å². The number of piperidine rings is 1.